The third-order valence-electron chi connectivity index (χ3n) is 5.99. The van der Waals surface area contributed by atoms with Crippen LogP contribution in [0.1, 0.15) is 51.7 Å². The SMILES string of the molecule is CCc1ccc(N(CCCC(=O)N(Cc2ccc(Cl)cc2Cl)C(C)C(=O)NCC(C)C)S(C)(=O)=O)cc1. The normalized spacial score (nSPS) is 12.3. The molecule has 0 aliphatic rings. The monoisotopic (exact) mass is 569 g/mol. The van der Waals surface area contributed by atoms with Crippen LogP contribution in [-0.2, 0) is 32.6 Å². The zero-order chi connectivity index (χ0) is 27.8. The summed E-state index contributed by atoms with van der Waals surface area (Å²) in [5, 5.41) is 3.75. The van der Waals surface area contributed by atoms with Gasteiger partial charge in [-0.2, -0.15) is 0 Å². The van der Waals surface area contributed by atoms with Crippen molar-refractivity contribution in [1.82, 2.24) is 10.2 Å². The quantitative estimate of drug-likeness (QED) is 0.355. The number of hydrogen-bond acceptors (Lipinski definition) is 4. The summed E-state index contributed by atoms with van der Waals surface area (Å²) in [5.74, 6) is -0.270. The lowest BCUT2D eigenvalue weighted by Crippen LogP contribution is -2.48. The summed E-state index contributed by atoms with van der Waals surface area (Å²) in [6.07, 6.45) is 2.35. The number of benzene rings is 2. The smallest absolute Gasteiger partial charge is 0.242 e. The molecule has 0 aromatic heterocycles. The maximum absolute atomic E-state index is 13.4. The van der Waals surface area contributed by atoms with Crippen molar-refractivity contribution >= 4 is 50.7 Å². The van der Waals surface area contributed by atoms with E-state index in [1.807, 2.05) is 32.9 Å². The number of carbonyl (C=O) groups is 2. The molecule has 0 bridgehead atoms. The summed E-state index contributed by atoms with van der Waals surface area (Å²) in [4.78, 5) is 27.7. The maximum Gasteiger partial charge on any atom is 0.242 e. The Morgan fingerprint density at radius 1 is 1.03 bits per heavy atom. The van der Waals surface area contributed by atoms with Gasteiger partial charge in [0.15, 0.2) is 0 Å². The Morgan fingerprint density at radius 3 is 2.22 bits per heavy atom. The first-order chi connectivity index (χ1) is 17.3. The Morgan fingerprint density at radius 2 is 1.68 bits per heavy atom. The molecule has 1 atom stereocenters. The molecule has 7 nitrogen and oxygen atoms in total. The predicted octanol–water partition coefficient (Wildman–Crippen LogP) is 5.29. The average molecular weight is 571 g/mol. The summed E-state index contributed by atoms with van der Waals surface area (Å²) < 4.78 is 26.3. The van der Waals surface area contributed by atoms with Gasteiger partial charge in [-0.05, 0) is 61.1 Å². The van der Waals surface area contributed by atoms with Crippen LogP contribution in [0.2, 0.25) is 10.0 Å². The lowest BCUT2D eigenvalue weighted by molar-refractivity contribution is -0.140. The van der Waals surface area contributed by atoms with Crippen molar-refractivity contribution in [3.63, 3.8) is 0 Å². The molecule has 0 fully saturated rings. The Bertz CT molecular complexity index is 1170. The van der Waals surface area contributed by atoms with Crippen LogP contribution >= 0.6 is 23.2 Å². The first-order valence-corrected chi connectivity index (χ1v) is 15.0. The van der Waals surface area contributed by atoms with Crippen LogP contribution in [0, 0.1) is 5.92 Å². The van der Waals surface area contributed by atoms with Crippen LogP contribution < -0.4 is 9.62 Å². The molecule has 1 N–H and O–H groups in total. The first kappa shape index (κ1) is 30.9. The lowest BCUT2D eigenvalue weighted by Gasteiger charge is -2.30. The van der Waals surface area contributed by atoms with Crippen LogP contribution in [0.25, 0.3) is 0 Å². The molecule has 10 heteroatoms. The molecule has 0 aliphatic carbocycles. The van der Waals surface area contributed by atoms with Gasteiger partial charge in [0.05, 0.1) is 11.9 Å². The van der Waals surface area contributed by atoms with Crippen LogP contribution in [0.4, 0.5) is 5.69 Å². The fourth-order valence-electron chi connectivity index (χ4n) is 3.77. The molecule has 0 spiro atoms. The molecule has 2 rings (SSSR count). The molecule has 2 aromatic rings. The van der Waals surface area contributed by atoms with Crippen LogP contribution in [0.5, 0.6) is 0 Å². The fourth-order valence-corrected chi connectivity index (χ4v) is 5.20. The fraction of sp³-hybridized carbons (Fsp3) is 0.481. The van der Waals surface area contributed by atoms with E-state index in [1.165, 1.54) is 9.21 Å². The molecular formula is C27H37Cl2N3O4S. The molecule has 0 heterocycles. The maximum atomic E-state index is 13.4. The molecular weight excluding hydrogens is 533 g/mol. The van der Waals surface area contributed by atoms with Gasteiger partial charge in [-0.1, -0.05) is 62.2 Å². The average Bonchev–Trinajstić information content (AvgIpc) is 2.83. The largest absolute Gasteiger partial charge is 0.354 e. The number of rotatable bonds is 13. The van der Waals surface area contributed by atoms with E-state index in [1.54, 1.807) is 37.3 Å². The Hall–Kier alpha value is -2.29. The summed E-state index contributed by atoms with van der Waals surface area (Å²) in [7, 11) is -3.54. The number of carbonyl (C=O) groups excluding carboxylic acids is 2. The predicted molar refractivity (Wildman–Crippen MR) is 152 cm³/mol. The lowest BCUT2D eigenvalue weighted by atomic mass is 10.1. The number of sulfonamides is 1. The minimum Gasteiger partial charge on any atom is -0.354 e. The number of nitrogens with one attached hydrogen (secondary N) is 1. The van der Waals surface area contributed by atoms with Crippen molar-refractivity contribution < 1.29 is 18.0 Å². The van der Waals surface area contributed by atoms with Gasteiger partial charge >= 0.3 is 0 Å². The highest BCUT2D eigenvalue weighted by Crippen LogP contribution is 2.24. The molecule has 204 valence electrons. The molecule has 2 amide bonds. The van der Waals surface area contributed by atoms with E-state index in [4.69, 9.17) is 23.2 Å². The van der Waals surface area contributed by atoms with Gasteiger partial charge in [0.25, 0.3) is 0 Å². The van der Waals surface area contributed by atoms with Gasteiger partial charge < -0.3 is 10.2 Å². The Balaban J connectivity index is 2.19. The number of anilines is 1. The minimum absolute atomic E-state index is 0.0616. The van der Waals surface area contributed by atoms with Crippen molar-refractivity contribution in [1.29, 1.82) is 0 Å². The third-order valence-corrected chi connectivity index (χ3v) is 7.77. The third kappa shape index (κ3) is 9.51. The van der Waals surface area contributed by atoms with Gasteiger partial charge in [-0.3, -0.25) is 13.9 Å². The zero-order valence-electron chi connectivity index (χ0n) is 22.1. The summed E-state index contributed by atoms with van der Waals surface area (Å²) in [6.45, 7) is 8.44. The number of aryl methyl sites for hydroxylation is 1. The van der Waals surface area contributed by atoms with E-state index < -0.39 is 16.1 Å². The second kappa shape index (κ2) is 14.0. The molecule has 2 aromatic carbocycles. The topological polar surface area (TPSA) is 86.8 Å². The van der Waals surface area contributed by atoms with Gasteiger partial charge in [-0.15, -0.1) is 0 Å². The van der Waals surface area contributed by atoms with Crippen LogP contribution in [0.3, 0.4) is 0 Å². The first-order valence-electron chi connectivity index (χ1n) is 12.4. The van der Waals surface area contributed by atoms with Crippen molar-refractivity contribution in [3.05, 3.63) is 63.6 Å². The molecule has 0 radical (unpaired) electrons. The molecule has 1 unspecified atom stereocenters. The van der Waals surface area contributed by atoms with Crippen molar-refractivity contribution in [2.24, 2.45) is 5.92 Å². The van der Waals surface area contributed by atoms with Crippen molar-refractivity contribution in [2.45, 2.75) is 59.5 Å². The number of hydrogen-bond donors (Lipinski definition) is 1. The van der Waals surface area contributed by atoms with E-state index in [2.05, 4.69) is 5.32 Å². The highest BCUT2D eigenvalue weighted by Gasteiger charge is 2.27. The standard InChI is InChI=1S/C27H37Cl2N3O4S/c1-6-21-9-13-24(14-10-21)32(37(5,35)36)15-7-8-26(33)31(20(4)27(34)30-17-19(2)3)18-22-11-12-23(28)16-25(22)29/h9-14,16,19-20H,6-8,15,17-18H2,1-5H3,(H,30,34). The van der Waals surface area contributed by atoms with Gasteiger partial charge in [0.2, 0.25) is 21.8 Å². The van der Waals surface area contributed by atoms with Gasteiger partial charge in [0.1, 0.15) is 6.04 Å². The van der Waals surface area contributed by atoms with E-state index in [0.29, 0.717) is 27.8 Å². The van der Waals surface area contributed by atoms with Gasteiger partial charge in [-0.25, -0.2) is 8.42 Å². The van der Waals surface area contributed by atoms with Crippen molar-refractivity contribution in [2.75, 3.05) is 23.7 Å². The van der Waals surface area contributed by atoms with E-state index in [-0.39, 0.29) is 43.7 Å². The van der Waals surface area contributed by atoms with E-state index in [9.17, 15) is 18.0 Å². The zero-order valence-corrected chi connectivity index (χ0v) is 24.5. The number of nitrogens with zero attached hydrogens (tertiary/aromatic N) is 2. The van der Waals surface area contributed by atoms with Crippen molar-refractivity contribution in [3.8, 4) is 0 Å². The summed E-state index contributed by atoms with van der Waals surface area (Å²) >= 11 is 12.4. The minimum atomic E-state index is -3.54. The molecule has 0 aliphatic heterocycles. The second-order valence-electron chi connectivity index (χ2n) is 9.53. The molecule has 0 saturated heterocycles. The Labute approximate surface area is 231 Å². The van der Waals surface area contributed by atoms with E-state index in [0.717, 1.165) is 18.2 Å². The number of amides is 2. The molecule has 37 heavy (non-hydrogen) atoms. The van der Waals surface area contributed by atoms with Crippen LogP contribution in [-0.4, -0.2) is 50.5 Å². The van der Waals surface area contributed by atoms with Gasteiger partial charge in [0, 0.05) is 36.1 Å². The highest BCUT2D eigenvalue weighted by molar-refractivity contribution is 7.92. The highest BCUT2D eigenvalue weighted by atomic mass is 35.5. The summed E-state index contributed by atoms with van der Waals surface area (Å²) in [5.41, 5.74) is 2.32. The Kier molecular flexibility index (Phi) is 11.7. The molecule has 0 saturated carbocycles. The second-order valence-corrected chi connectivity index (χ2v) is 12.3. The van der Waals surface area contributed by atoms with E-state index >= 15 is 0 Å². The summed E-state index contributed by atoms with van der Waals surface area (Å²) in [6, 6.07) is 11.6. The van der Waals surface area contributed by atoms with Crippen LogP contribution in [0.15, 0.2) is 42.5 Å². The number of halogens is 2.